The number of halogens is 1. The Morgan fingerprint density at radius 1 is 1.04 bits per heavy atom. The van der Waals surface area contributed by atoms with Crippen LogP contribution in [0.3, 0.4) is 0 Å². The van der Waals surface area contributed by atoms with Gasteiger partial charge in [-0.25, -0.2) is 4.98 Å². The quantitative estimate of drug-likeness (QED) is 0.608. The SMILES string of the molecule is COc1ccc(CNc2ccc(C(=O)Nc3ccc(OC)c(Cl)c3)cn2)cc1. The first kappa shape index (κ1) is 19.5. The van der Waals surface area contributed by atoms with Gasteiger partial charge in [0.05, 0.1) is 24.8 Å². The van der Waals surface area contributed by atoms with Gasteiger partial charge in [0.15, 0.2) is 0 Å². The number of rotatable bonds is 7. The van der Waals surface area contributed by atoms with Gasteiger partial charge in [-0.1, -0.05) is 23.7 Å². The summed E-state index contributed by atoms with van der Waals surface area (Å²) in [5, 5.41) is 6.43. The molecule has 1 amide bonds. The van der Waals surface area contributed by atoms with Crippen molar-refractivity contribution in [1.29, 1.82) is 0 Å². The fourth-order valence-electron chi connectivity index (χ4n) is 2.52. The molecule has 3 rings (SSSR count). The number of hydrogen-bond donors (Lipinski definition) is 2. The lowest BCUT2D eigenvalue weighted by atomic mass is 10.2. The number of nitrogens with one attached hydrogen (secondary N) is 2. The third kappa shape index (κ3) is 4.92. The van der Waals surface area contributed by atoms with Gasteiger partial charge < -0.3 is 20.1 Å². The fraction of sp³-hybridized carbons (Fsp3) is 0.143. The maximum absolute atomic E-state index is 12.4. The number of pyridine rings is 1. The Labute approximate surface area is 168 Å². The van der Waals surface area contributed by atoms with Crippen molar-refractivity contribution in [3.8, 4) is 11.5 Å². The van der Waals surface area contributed by atoms with E-state index in [9.17, 15) is 4.79 Å². The van der Waals surface area contributed by atoms with Crippen molar-refractivity contribution in [3.05, 3.63) is 76.9 Å². The largest absolute Gasteiger partial charge is 0.497 e. The standard InChI is InChI=1S/C21H20ClN3O3/c1-27-17-7-3-14(4-8-17)12-23-20-10-5-15(13-24-20)21(26)25-16-6-9-19(28-2)18(22)11-16/h3-11,13H,12H2,1-2H3,(H,23,24)(H,25,26). The number of ether oxygens (including phenoxy) is 2. The molecule has 6 nitrogen and oxygen atoms in total. The number of carbonyl (C=O) groups is 1. The van der Waals surface area contributed by atoms with E-state index in [1.165, 1.54) is 13.3 Å². The first-order valence-electron chi connectivity index (χ1n) is 8.57. The number of hydrogen-bond acceptors (Lipinski definition) is 5. The molecule has 0 aliphatic rings. The van der Waals surface area contributed by atoms with E-state index in [0.717, 1.165) is 11.3 Å². The third-order valence-electron chi connectivity index (χ3n) is 4.07. The molecule has 2 aromatic carbocycles. The van der Waals surface area contributed by atoms with Crippen molar-refractivity contribution in [2.45, 2.75) is 6.54 Å². The van der Waals surface area contributed by atoms with E-state index in [1.54, 1.807) is 37.4 Å². The first-order chi connectivity index (χ1) is 13.6. The molecule has 0 saturated carbocycles. The van der Waals surface area contributed by atoms with Gasteiger partial charge in [0.2, 0.25) is 0 Å². The number of amides is 1. The van der Waals surface area contributed by atoms with Crippen LogP contribution in [0.15, 0.2) is 60.8 Å². The topological polar surface area (TPSA) is 72.5 Å². The second kappa shape index (κ2) is 9.10. The van der Waals surface area contributed by atoms with Crippen LogP contribution in [-0.4, -0.2) is 25.1 Å². The molecule has 28 heavy (non-hydrogen) atoms. The highest BCUT2D eigenvalue weighted by atomic mass is 35.5. The maximum atomic E-state index is 12.4. The zero-order valence-corrected chi connectivity index (χ0v) is 16.3. The van der Waals surface area contributed by atoms with Crippen molar-refractivity contribution in [2.24, 2.45) is 0 Å². The molecule has 0 bridgehead atoms. The molecule has 7 heteroatoms. The Bertz CT molecular complexity index is 944. The molecule has 0 spiro atoms. The molecule has 0 fully saturated rings. The number of nitrogens with zero attached hydrogens (tertiary/aromatic N) is 1. The molecule has 144 valence electrons. The van der Waals surface area contributed by atoms with Crippen molar-refractivity contribution in [3.63, 3.8) is 0 Å². The lowest BCUT2D eigenvalue weighted by molar-refractivity contribution is 0.102. The van der Waals surface area contributed by atoms with Gasteiger partial charge in [-0.2, -0.15) is 0 Å². The smallest absolute Gasteiger partial charge is 0.257 e. The summed E-state index contributed by atoms with van der Waals surface area (Å²) < 4.78 is 10.2. The molecule has 0 unspecified atom stereocenters. The number of benzene rings is 2. The van der Waals surface area contributed by atoms with Crippen LogP contribution in [0.1, 0.15) is 15.9 Å². The highest BCUT2D eigenvalue weighted by molar-refractivity contribution is 6.32. The zero-order chi connectivity index (χ0) is 19.9. The number of aromatic nitrogens is 1. The number of carbonyl (C=O) groups excluding carboxylic acids is 1. The van der Waals surface area contributed by atoms with Gasteiger partial charge in [-0.15, -0.1) is 0 Å². The fourth-order valence-corrected chi connectivity index (χ4v) is 2.77. The van der Waals surface area contributed by atoms with Gasteiger partial charge in [-0.05, 0) is 48.0 Å². The summed E-state index contributed by atoms with van der Waals surface area (Å²) in [6.07, 6.45) is 1.52. The summed E-state index contributed by atoms with van der Waals surface area (Å²) in [4.78, 5) is 16.7. The van der Waals surface area contributed by atoms with Gasteiger partial charge >= 0.3 is 0 Å². The summed E-state index contributed by atoms with van der Waals surface area (Å²) in [7, 11) is 3.17. The minimum absolute atomic E-state index is 0.268. The summed E-state index contributed by atoms with van der Waals surface area (Å²) in [5.41, 5.74) is 2.13. The Kier molecular flexibility index (Phi) is 6.34. The van der Waals surface area contributed by atoms with Crippen LogP contribution in [0, 0.1) is 0 Å². The molecular weight excluding hydrogens is 378 g/mol. The van der Waals surface area contributed by atoms with E-state index >= 15 is 0 Å². The van der Waals surface area contributed by atoms with Crippen molar-refractivity contribution in [1.82, 2.24) is 4.98 Å². The third-order valence-corrected chi connectivity index (χ3v) is 4.36. The average molecular weight is 398 g/mol. The molecule has 0 aliphatic carbocycles. The molecule has 1 aromatic heterocycles. The van der Waals surface area contributed by atoms with E-state index < -0.39 is 0 Å². The van der Waals surface area contributed by atoms with Crippen LogP contribution in [0.25, 0.3) is 0 Å². The molecule has 3 aromatic rings. The average Bonchev–Trinajstić information content (AvgIpc) is 2.73. The summed E-state index contributed by atoms with van der Waals surface area (Å²) >= 11 is 6.08. The Morgan fingerprint density at radius 3 is 2.43 bits per heavy atom. The first-order valence-corrected chi connectivity index (χ1v) is 8.94. The molecule has 0 saturated heterocycles. The Hall–Kier alpha value is -3.25. The number of anilines is 2. The van der Waals surface area contributed by atoms with Crippen molar-refractivity contribution >= 4 is 29.0 Å². The van der Waals surface area contributed by atoms with Crippen LogP contribution < -0.4 is 20.1 Å². The van der Waals surface area contributed by atoms with E-state index in [0.29, 0.717) is 34.4 Å². The van der Waals surface area contributed by atoms with Crippen LogP contribution in [0.5, 0.6) is 11.5 Å². The van der Waals surface area contributed by atoms with Crippen molar-refractivity contribution in [2.75, 3.05) is 24.9 Å². The van der Waals surface area contributed by atoms with E-state index in [2.05, 4.69) is 15.6 Å². The molecule has 0 atom stereocenters. The molecule has 0 radical (unpaired) electrons. The molecule has 2 N–H and O–H groups in total. The second-order valence-corrected chi connectivity index (χ2v) is 6.34. The molecule has 1 heterocycles. The maximum Gasteiger partial charge on any atom is 0.257 e. The monoisotopic (exact) mass is 397 g/mol. The predicted molar refractivity (Wildman–Crippen MR) is 111 cm³/mol. The minimum atomic E-state index is -0.268. The van der Waals surface area contributed by atoms with Gasteiger partial charge in [0.25, 0.3) is 5.91 Å². The highest BCUT2D eigenvalue weighted by Gasteiger charge is 2.09. The van der Waals surface area contributed by atoms with Gasteiger partial charge in [-0.3, -0.25) is 4.79 Å². The van der Waals surface area contributed by atoms with E-state index in [-0.39, 0.29) is 5.91 Å². The molecule has 0 aliphatic heterocycles. The minimum Gasteiger partial charge on any atom is -0.497 e. The van der Waals surface area contributed by atoms with E-state index in [1.807, 2.05) is 24.3 Å². The van der Waals surface area contributed by atoms with Crippen LogP contribution in [0.4, 0.5) is 11.5 Å². The lowest BCUT2D eigenvalue weighted by Gasteiger charge is -2.09. The Morgan fingerprint density at radius 2 is 1.82 bits per heavy atom. The number of methoxy groups -OCH3 is 2. The van der Waals surface area contributed by atoms with Crippen LogP contribution in [-0.2, 0) is 6.54 Å². The molecular formula is C21H20ClN3O3. The van der Waals surface area contributed by atoms with Gasteiger partial charge in [0, 0.05) is 18.4 Å². The predicted octanol–water partition coefficient (Wildman–Crippen LogP) is 4.62. The highest BCUT2D eigenvalue weighted by Crippen LogP contribution is 2.27. The Balaban J connectivity index is 1.58. The van der Waals surface area contributed by atoms with Crippen LogP contribution in [0.2, 0.25) is 5.02 Å². The second-order valence-electron chi connectivity index (χ2n) is 5.94. The van der Waals surface area contributed by atoms with E-state index in [4.69, 9.17) is 21.1 Å². The van der Waals surface area contributed by atoms with Gasteiger partial charge in [0.1, 0.15) is 17.3 Å². The lowest BCUT2D eigenvalue weighted by Crippen LogP contribution is -2.12. The summed E-state index contributed by atoms with van der Waals surface area (Å²) in [6.45, 7) is 0.618. The van der Waals surface area contributed by atoms with Crippen LogP contribution >= 0.6 is 11.6 Å². The van der Waals surface area contributed by atoms with Crippen molar-refractivity contribution < 1.29 is 14.3 Å². The summed E-state index contributed by atoms with van der Waals surface area (Å²) in [5.74, 6) is 1.78. The zero-order valence-electron chi connectivity index (χ0n) is 15.5. The normalized spacial score (nSPS) is 10.2. The summed E-state index contributed by atoms with van der Waals surface area (Å²) in [6, 6.07) is 16.3.